The van der Waals surface area contributed by atoms with Crippen LogP contribution in [0.1, 0.15) is 30.7 Å². The molecule has 0 heterocycles. The number of hydrogen-bond acceptors (Lipinski definition) is 1. The maximum Gasteiger partial charge on any atom is 0.123 e. The van der Waals surface area contributed by atoms with E-state index < -0.39 is 0 Å². The third-order valence-electron chi connectivity index (χ3n) is 2.81. The lowest BCUT2D eigenvalue weighted by atomic mass is 9.98. The van der Waals surface area contributed by atoms with Gasteiger partial charge in [0.25, 0.3) is 0 Å². The van der Waals surface area contributed by atoms with Crippen molar-refractivity contribution in [2.75, 3.05) is 0 Å². The Morgan fingerprint density at radius 2 is 1.85 bits per heavy atom. The summed E-state index contributed by atoms with van der Waals surface area (Å²) in [5.41, 5.74) is 7.05. The van der Waals surface area contributed by atoms with Gasteiger partial charge in [-0.05, 0) is 42.9 Å². The van der Waals surface area contributed by atoms with Gasteiger partial charge in [-0.3, -0.25) is 0 Å². The van der Waals surface area contributed by atoms with Gasteiger partial charge < -0.3 is 5.73 Å². The molecule has 1 nitrogen and oxygen atoms in total. The first-order valence-electron chi connectivity index (χ1n) is 4.77. The van der Waals surface area contributed by atoms with Crippen LogP contribution in [-0.4, -0.2) is 6.04 Å². The van der Waals surface area contributed by atoms with E-state index in [1.54, 1.807) is 0 Å². The lowest BCUT2D eigenvalue weighted by Crippen LogP contribution is -2.14. The van der Waals surface area contributed by atoms with E-state index in [4.69, 9.17) is 5.73 Å². The highest BCUT2D eigenvalue weighted by Crippen LogP contribution is 2.33. The fraction of sp³-hybridized carbons (Fsp3) is 0.455. The molecule has 0 saturated heterocycles. The molecule has 1 aliphatic carbocycles. The van der Waals surface area contributed by atoms with Crippen molar-refractivity contribution >= 4 is 0 Å². The second kappa shape index (κ2) is 3.46. The zero-order valence-electron chi connectivity index (χ0n) is 7.54. The molecule has 0 bridgehead atoms. The van der Waals surface area contributed by atoms with E-state index in [0.717, 1.165) is 19.3 Å². The highest BCUT2D eigenvalue weighted by atomic mass is 19.1. The molecule has 0 spiro atoms. The normalized spacial score (nSPS) is 27.8. The van der Waals surface area contributed by atoms with Gasteiger partial charge in [0, 0.05) is 6.04 Å². The van der Waals surface area contributed by atoms with E-state index in [-0.39, 0.29) is 5.82 Å². The minimum absolute atomic E-state index is 0.161. The molecule has 2 unspecified atom stereocenters. The van der Waals surface area contributed by atoms with Crippen molar-refractivity contribution in [3.63, 3.8) is 0 Å². The fourth-order valence-corrected chi connectivity index (χ4v) is 2.05. The van der Waals surface area contributed by atoms with Crippen LogP contribution in [0.3, 0.4) is 0 Å². The maximum absolute atomic E-state index is 12.6. The molecule has 1 saturated carbocycles. The Labute approximate surface area is 77.8 Å². The lowest BCUT2D eigenvalue weighted by molar-refractivity contribution is 0.623. The minimum atomic E-state index is -0.161. The van der Waals surface area contributed by atoms with Crippen LogP contribution in [0.2, 0.25) is 0 Å². The summed E-state index contributed by atoms with van der Waals surface area (Å²) in [6.45, 7) is 0. The van der Waals surface area contributed by atoms with E-state index >= 15 is 0 Å². The Morgan fingerprint density at radius 3 is 2.38 bits per heavy atom. The zero-order chi connectivity index (χ0) is 9.26. The van der Waals surface area contributed by atoms with Crippen LogP contribution in [0, 0.1) is 5.82 Å². The molecule has 0 aliphatic heterocycles. The molecule has 0 amide bonds. The second-order valence-electron chi connectivity index (χ2n) is 3.82. The molecule has 1 aromatic carbocycles. The minimum Gasteiger partial charge on any atom is -0.328 e. The molecule has 70 valence electrons. The molecule has 2 rings (SSSR count). The summed E-state index contributed by atoms with van der Waals surface area (Å²) in [4.78, 5) is 0. The van der Waals surface area contributed by atoms with Gasteiger partial charge in [0.15, 0.2) is 0 Å². The van der Waals surface area contributed by atoms with Crippen LogP contribution in [0.4, 0.5) is 4.39 Å². The van der Waals surface area contributed by atoms with E-state index in [1.807, 2.05) is 12.1 Å². The standard InChI is InChI=1S/C11H14FN/c12-10-4-1-8(2-5-10)9-3-6-11(13)7-9/h1-2,4-5,9,11H,3,6-7,13H2. The average Bonchev–Trinajstić information content (AvgIpc) is 2.53. The number of benzene rings is 1. The topological polar surface area (TPSA) is 26.0 Å². The van der Waals surface area contributed by atoms with Crippen molar-refractivity contribution in [3.8, 4) is 0 Å². The molecular formula is C11H14FN. The summed E-state index contributed by atoms with van der Waals surface area (Å²) >= 11 is 0. The van der Waals surface area contributed by atoms with Crippen LogP contribution in [-0.2, 0) is 0 Å². The SMILES string of the molecule is NC1CCC(c2ccc(F)cc2)C1. The molecule has 1 aromatic rings. The molecule has 13 heavy (non-hydrogen) atoms. The fourth-order valence-electron chi connectivity index (χ4n) is 2.05. The predicted octanol–water partition coefficient (Wildman–Crippen LogP) is 2.42. The van der Waals surface area contributed by atoms with Crippen molar-refractivity contribution < 1.29 is 4.39 Å². The summed E-state index contributed by atoms with van der Waals surface area (Å²) < 4.78 is 12.6. The molecule has 2 N–H and O–H groups in total. The Kier molecular flexibility index (Phi) is 2.32. The van der Waals surface area contributed by atoms with Gasteiger partial charge in [0.1, 0.15) is 5.82 Å². The van der Waals surface area contributed by atoms with Gasteiger partial charge in [-0.25, -0.2) is 4.39 Å². The van der Waals surface area contributed by atoms with Crippen molar-refractivity contribution in [3.05, 3.63) is 35.6 Å². The van der Waals surface area contributed by atoms with Crippen LogP contribution >= 0.6 is 0 Å². The monoisotopic (exact) mass is 179 g/mol. The number of hydrogen-bond donors (Lipinski definition) is 1. The first kappa shape index (κ1) is 8.70. The van der Waals surface area contributed by atoms with Gasteiger partial charge in [0.2, 0.25) is 0 Å². The van der Waals surface area contributed by atoms with E-state index in [2.05, 4.69) is 0 Å². The maximum atomic E-state index is 12.6. The molecule has 0 aromatic heterocycles. The summed E-state index contributed by atoms with van der Waals surface area (Å²) in [6.07, 6.45) is 3.29. The highest BCUT2D eigenvalue weighted by Gasteiger charge is 2.22. The first-order valence-corrected chi connectivity index (χ1v) is 4.77. The molecule has 2 heteroatoms. The number of halogens is 1. The third-order valence-corrected chi connectivity index (χ3v) is 2.81. The zero-order valence-corrected chi connectivity index (χ0v) is 7.54. The molecule has 0 radical (unpaired) electrons. The first-order chi connectivity index (χ1) is 6.25. The number of nitrogens with two attached hydrogens (primary N) is 1. The van der Waals surface area contributed by atoms with Crippen LogP contribution < -0.4 is 5.73 Å². The largest absolute Gasteiger partial charge is 0.328 e. The van der Waals surface area contributed by atoms with Crippen LogP contribution in [0.15, 0.2) is 24.3 Å². The van der Waals surface area contributed by atoms with Crippen molar-refractivity contribution in [1.82, 2.24) is 0 Å². The van der Waals surface area contributed by atoms with Gasteiger partial charge in [-0.2, -0.15) is 0 Å². The highest BCUT2D eigenvalue weighted by molar-refractivity contribution is 5.21. The van der Waals surface area contributed by atoms with Gasteiger partial charge >= 0.3 is 0 Å². The molecule has 2 atom stereocenters. The quantitative estimate of drug-likeness (QED) is 0.704. The van der Waals surface area contributed by atoms with Crippen LogP contribution in [0.5, 0.6) is 0 Å². The lowest BCUT2D eigenvalue weighted by Gasteiger charge is -2.09. The van der Waals surface area contributed by atoms with Crippen molar-refractivity contribution in [2.24, 2.45) is 5.73 Å². The molecule has 1 aliphatic rings. The van der Waals surface area contributed by atoms with Gasteiger partial charge in [0.05, 0.1) is 0 Å². The Morgan fingerprint density at radius 1 is 1.15 bits per heavy atom. The van der Waals surface area contributed by atoms with Crippen LogP contribution in [0.25, 0.3) is 0 Å². The van der Waals surface area contributed by atoms with Crippen molar-refractivity contribution in [2.45, 2.75) is 31.2 Å². The summed E-state index contributed by atoms with van der Waals surface area (Å²) in [5.74, 6) is 0.390. The van der Waals surface area contributed by atoms with E-state index in [1.165, 1.54) is 17.7 Å². The smallest absolute Gasteiger partial charge is 0.123 e. The van der Waals surface area contributed by atoms with Gasteiger partial charge in [-0.1, -0.05) is 12.1 Å². The summed E-state index contributed by atoms with van der Waals surface area (Å²) in [7, 11) is 0. The predicted molar refractivity (Wildman–Crippen MR) is 51.0 cm³/mol. The molecule has 1 fully saturated rings. The number of rotatable bonds is 1. The third kappa shape index (κ3) is 1.89. The Hall–Kier alpha value is -0.890. The van der Waals surface area contributed by atoms with E-state index in [9.17, 15) is 4.39 Å². The van der Waals surface area contributed by atoms with Crippen molar-refractivity contribution in [1.29, 1.82) is 0 Å². The Balaban J connectivity index is 2.13. The van der Waals surface area contributed by atoms with E-state index in [0.29, 0.717) is 12.0 Å². The summed E-state index contributed by atoms with van der Waals surface area (Å²) in [6, 6.07) is 7.14. The molecular weight excluding hydrogens is 165 g/mol. The summed E-state index contributed by atoms with van der Waals surface area (Å²) in [5, 5.41) is 0. The Bertz CT molecular complexity index is 281. The average molecular weight is 179 g/mol. The second-order valence-corrected chi connectivity index (χ2v) is 3.82. The van der Waals surface area contributed by atoms with Gasteiger partial charge in [-0.15, -0.1) is 0 Å².